The molecule has 3 aromatic rings. The van der Waals surface area contributed by atoms with Gasteiger partial charge < -0.3 is 10.1 Å². The molecule has 0 aromatic heterocycles. The van der Waals surface area contributed by atoms with E-state index in [0.717, 1.165) is 16.3 Å². The van der Waals surface area contributed by atoms with Gasteiger partial charge in [-0.25, -0.2) is 4.79 Å². The number of nitro groups is 1. The molecule has 0 saturated heterocycles. The molecule has 3 rings (SSSR count). The van der Waals surface area contributed by atoms with Gasteiger partial charge in [-0.2, -0.15) is 0 Å². The van der Waals surface area contributed by atoms with Crippen molar-refractivity contribution in [1.29, 1.82) is 0 Å². The Balaban J connectivity index is 2.13. The smallest absolute Gasteiger partial charge is 0.408 e. The normalized spacial score (nSPS) is 13.9. The SMILES string of the molecule is CC(C)(C)OC(=O)N[C@H](c1cccc2ccccc12)[C@H](c1ccc(C(C)(C)C)cc1)[N+](=O)[O-]. The topological polar surface area (TPSA) is 81.5 Å². The second-order valence-electron chi connectivity index (χ2n) is 10.3. The molecule has 1 amide bonds. The van der Waals surface area contributed by atoms with E-state index < -0.39 is 23.8 Å². The first-order chi connectivity index (χ1) is 15.4. The second kappa shape index (κ2) is 9.22. The highest BCUT2D eigenvalue weighted by Gasteiger charge is 2.38. The van der Waals surface area contributed by atoms with Gasteiger partial charge in [0.1, 0.15) is 11.6 Å². The van der Waals surface area contributed by atoms with Crippen LogP contribution in [0.5, 0.6) is 0 Å². The number of fused-ring (bicyclic) bond motifs is 1. The molecule has 6 heteroatoms. The molecule has 174 valence electrons. The summed E-state index contributed by atoms with van der Waals surface area (Å²) in [6.45, 7) is 11.6. The lowest BCUT2D eigenvalue weighted by atomic mass is 9.85. The maximum atomic E-state index is 12.8. The minimum absolute atomic E-state index is 0.0769. The lowest BCUT2D eigenvalue weighted by Crippen LogP contribution is -2.39. The van der Waals surface area contributed by atoms with Crippen LogP contribution in [0.2, 0.25) is 0 Å². The molecule has 0 heterocycles. The predicted molar refractivity (Wildman–Crippen MR) is 131 cm³/mol. The molecule has 0 aliphatic heterocycles. The quantitative estimate of drug-likeness (QED) is 0.347. The number of nitrogens with one attached hydrogen (secondary N) is 1. The van der Waals surface area contributed by atoms with Gasteiger partial charge in [-0.15, -0.1) is 0 Å². The fourth-order valence-corrected chi connectivity index (χ4v) is 3.90. The third kappa shape index (κ3) is 5.89. The van der Waals surface area contributed by atoms with Gasteiger partial charge in [0.25, 0.3) is 6.04 Å². The maximum Gasteiger partial charge on any atom is 0.408 e. The van der Waals surface area contributed by atoms with Crippen molar-refractivity contribution in [3.05, 3.63) is 93.5 Å². The molecule has 0 bridgehead atoms. The van der Waals surface area contributed by atoms with Crippen LogP contribution in [0.4, 0.5) is 4.79 Å². The van der Waals surface area contributed by atoms with E-state index in [-0.39, 0.29) is 10.3 Å². The van der Waals surface area contributed by atoms with Crippen LogP contribution >= 0.6 is 0 Å². The lowest BCUT2D eigenvalue weighted by molar-refractivity contribution is -0.534. The number of benzene rings is 3. The third-order valence-electron chi connectivity index (χ3n) is 5.49. The van der Waals surface area contributed by atoms with Crippen LogP contribution in [0.1, 0.15) is 70.3 Å². The zero-order chi connectivity index (χ0) is 24.4. The van der Waals surface area contributed by atoms with E-state index in [0.29, 0.717) is 11.1 Å². The van der Waals surface area contributed by atoms with Crippen molar-refractivity contribution in [3.63, 3.8) is 0 Å². The van der Waals surface area contributed by atoms with Crippen LogP contribution in [0.25, 0.3) is 10.8 Å². The van der Waals surface area contributed by atoms with Crippen molar-refractivity contribution in [2.75, 3.05) is 0 Å². The van der Waals surface area contributed by atoms with Crippen LogP contribution < -0.4 is 5.32 Å². The molecular formula is C27H32N2O4. The van der Waals surface area contributed by atoms with E-state index in [1.165, 1.54) is 0 Å². The first-order valence-corrected chi connectivity index (χ1v) is 11.1. The predicted octanol–water partition coefficient (Wildman–Crippen LogP) is 6.72. The monoisotopic (exact) mass is 448 g/mol. The average molecular weight is 449 g/mol. The minimum atomic E-state index is -1.20. The maximum absolute atomic E-state index is 12.8. The molecule has 33 heavy (non-hydrogen) atoms. The molecule has 0 fully saturated rings. The Labute approximate surface area is 195 Å². The Morgan fingerprint density at radius 2 is 1.52 bits per heavy atom. The number of hydrogen-bond acceptors (Lipinski definition) is 4. The molecule has 6 nitrogen and oxygen atoms in total. The summed E-state index contributed by atoms with van der Waals surface area (Å²) in [6.07, 6.45) is -0.696. The highest BCUT2D eigenvalue weighted by molar-refractivity contribution is 5.86. The van der Waals surface area contributed by atoms with Crippen molar-refractivity contribution in [2.24, 2.45) is 0 Å². The molecule has 0 radical (unpaired) electrons. The van der Waals surface area contributed by atoms with Crippen molar-refractivity contribution in [3.8, 4) is 0 Å². The number of carbonyl (C=O) groups is 1. The molecule has 0 aliphatic rings. The summed E-state index contributed by atoms with van der Waals surface area (Å²) in [5.41, 5.74) is 1.45. The Morgan fingerprint density at radius 3 is 2.09 bits per heavy atom. The molecule has 0 unspecified atom stereocenters. The highest BCUT2D eigenvalue weighted by atomic mass is 16.6. The van der Waals surface area contributed by atoms with Gasteiger partial charge in [0.2, 0.25) is 0 Å². The van der Waals surface area contributed by atoms with E-state index in [9.17, 15) is 14.9 Å². The van der Waals surface area contributed by atoms with E-state index in [1.54, 1.807) is 32.9 Å². The highest BCUT2D eigenvalue weighted by Crippen LogP contribution is 2.36. The molecular weight excluding hydrogens is 416 g/mol. The first kappa shape index (κ1) is 24.2. The summed E-state index contributed by atoms with van der Waals surface area (Å²) in [7, 11) is 0. The van der Waals surface area contributed by atoms with Gasteiger partial charge in [-0.1, -0.05) is 87.5 Å². The minimum Gasteiger partial charge on any atom is -0.444 e. The van der Waals surface area contributed by atoms with Crippen LogP contribution in [0.3, 0.4) is 0 Å². The molecule has 0 aliphatic carbocycles. The van der Waals surface area contributed by atoms with Crippen molar-refractivity contribution in [2.45, 2.75) is 64.6 Å². The van der Waals surface area contributed by atoms with Gasteiger partial charge in [-0.05, 0) is 48.1 Å². The standard InChI is InChI=1S/C27H32N2O4/c1-26(2,3)20-16-14-19(15-17-20)24(29(31)32)23(28-25(30)33-27(4,5)6)22-13-9-11-18-10-7-8-12-21(18)22/h7-17,23-24H,1-6H3,(H,28,30)/t23-,24+/m1/s1. The van der Waals surface area contributed by atoms with E-state index in [1.807, 2.05) is 54.6 Å². The van der Waals surface area contributed by atoms with Crippen LogP contribution in [0.15, 0.2) is 66.7 Å². The van der Waals surface area contributed by atoms with Crippen molar-refractivity contribution in [1.82, 2.24) is 5.32 Å². The van der Waals surface area contributed by atoms with Crippen molar-refractivity contribution < 1.29 is 14.5 Å². The third-order valence-corrected chi connectivity index (χ3v) is 5.49. The fraction of sp³-hybridized carbons (Fsp3) is 0.370. The summed E-state index contributed by atoms with van der Waals surface area (Å²) in [4.78, 5) is 24.8. The largest absolute Gasteiger partial charge is 0.444 e. The fourth-order valence-electron chi connectivity index (χ4n) is 3.90. The lowest BCUT2D eigenvalue weighted by Gasteiger charge is -2.27. The average Bonchev–Trinajstić information content (AvgIpc) is 2.71. The zero-order valence-corrected chi connectivity index (χ0v) is 20.1. The molecule has 2 atom stereocenters. The number of ether oxygens (including phenoxy) is 1. The van der Waals surface area contributed by atoms with Crippen molar-refractivity contribution >= 4 is 16.9 Å². The number of hydrogen-bond donors (Lipinski definition) is 1. The zero-order valence-electron chi connectivity index (χ0n) is 20.1. The summed E-state index contributed by atoms with van der Waals surface area (Å²) in [6, 6.07) is 18.5. The Hall–Kier alpha value is -3.41. The first-order valence-electron chi connectivity index (χ1n) is 11.1. The van der Waals surface area contributed by atoms with Gasteiger partial charge in [0.15, 0.2) is 0 Å². The van der Waals surface area contributed by atoms with E-state index >= 15 is 0 Å². The Kier molecular flexibility index (Phi) is 6.77. The summed E-state index contributed by atoms with van der Waals surface area (Å²) in [5, 5.41) is 17.0. The van der Waals surface area contributed by atoms with Gasteiger partial charge in [-0.3, -0.25) is 10.1 Å². The van der Waals surface area contributed by atoms with E-state index in [2.05, 4.69) is 26.1 Å². The number of carbonyl (C=O) groups excluding carboxylic acids is 1. The number of alkyl carbamates (subject to hydrolysis) is 1. The molecule has 0 saturated carbocycles. The van der Waals surface area contributed by atoms with Gasteiger partial charge in [0, 0.05) is 10.5 Å². The molecule has 0 spiro atoms. The number of amides is 1. The number of rotatable bonds is 5. The second-order valence-corrected chi connectivity index (χ2v) is 10.3. The van der Waals surface area contributed by atoms with Crippen LogP contribution in [-0.2, 0) is 10.2 Å². The summed E-state index contributed by atoms with van der Waals surface area (Å²) < 4.78 is 5.46. The van der Waals surface area contributed by atoms with Crippen LogP contribution in [-0.4, -0.2) is 16.6 Å². The number of nitrogens with zero attached hydrogens (tertiary/aromatic N) is 1. The van der Waals surface area contributed by atoms with Gasteiger partial charge in [0.05, 0.1) is 0 Å². The van der Waals surface area contributed by atoms with E-state index in [4.69, 9.17) is 4.74 Å². The molecule has 3 aromatic carbocycles. The Morgan fingerprint density at radius 1 is 0.909 bits per heavy atom. The summed E-state index contributed by atoms with van der Waals surface area (Å²) >= 11 is 0. The Bertz CT molecular complexity index is 1140. The van der Waals surface area contributed by atoms with Crippen LogP contribution in [0, 0.1) is 10.1 Å². The van der Waals surface area contributed by atoms with Gasteiger partial charge >= 0.3 is 6.09 Å². The summed E-state index contributed by atoms with van der Waals surface area (Å²) in [5.74, 6) is 0. The molecule has 1 N–H and O–H groups in total.